The SMILES string of the molecule is CC(C)Oc1cccc(C(=O)NCC(O)CO)c1. The van der Waals surface area contributed by atoms with Crippen molar-refractivity contribution in [3.8, 4) is 5.75 Å². The van der Waals surface area contributed by atoms with E-state index in [1.165, 1.54) is 0 Å². The van der Waals surface area contributed by atoms with Crippen LogP contribution in [-0.4, -0.2) is 41.5 Å². The number of hydrogen-bond donors (Lipinski definition) is 3. The number of amides is 1. The molecule has 0 radical (unpaired) electrons. The molecule has 0 saturated carbocycles. The van der Waals surface area contributed by atoms with Crippen molar-refractivity contribution in [3.63, 3.8) is 0 Å². The topological polar surface area (TPSA) is 78.8 Å². The van der Waals surface area contributed by atoms with Gasteiger partial charge in [0.15, 0.2) is 0 Å². The molecule has 3 N–H and O–H groups in total. The third kappa shape index (κ3) is 4.73. The average molecular weight is 253 g/mol. The maximum absolute atomic E-state index is 11.7. The van der Waals surface area contributed by atoms with E-state index in [0.717, 1.165) is 0 Å². The van der Waals surface area contributed by atoms with Gasteiger partial charge in [-0.2, -0.15) is 0 Å². The van der Waals surface area contributed by atoms with Gasteiger partial charge < -0.3 is 20.3 Å². The van der Waals surface area contributed by atoms with Crippen molar-refractivity contribution in [3.05, 3.63) is 29.8 Å². The maximum Gasteiger partial charge on any atom is 0.251 e. The Labute approximate surface area is 106 Å². The summed E-state index contributed by atoms with van der Waals surface area (Å²) in [5.41, 5.74) is 0.457. The van der Waals surface area contributed by atoms with Crippen LogP contribution in [0.4, 0.5) is 0 Å². The maximum atomic E-state index is 11.7. The van der Waals surface area contributed by atoms with Crippen molar-refractivity contribution in [2.45, 2.75) is 26.1 Å². The quantitative estimate of drug-likeness (QED) is 0.692. The second-order valence-electron chi connectivity index (χ2n) is 4.24. The number of hydrogen-bond acceptors (Lipinski definition) is 4. The molecule has 0 aliphatic rings. The molecule has 0 saturated heterocycles. The van der Waals surface area contributed by atoms with Gasteiger partial charge in [0.05, 0.1) is 18.8 Å². The van der Waals surface area contributed by atoms with Crippen LogP contribution >= 0.6 is 0 Å². The second kappa shape index (κ2) is 6.98. The minimum Gasteiger partial charge on any atom is -0.491 e. The lowest BCUT2D eigenvalue weighted by Gasteiger charge is -2.12. The fourth-order valence-corrected chi connectivity index (χ4v) is 1.36. The van der Waals surface area contributed by atoms with E-state index < -0.39 is 6.10 Å². The summed E-state index contributed by atoms with van der Waals surface area (Å²) in [5, 5.41) is 20.3. The Kier molecular flexibility index (Phi) is 5.61. The van der Waals surface area contributed by atoms with Crippen molar-refractivity contribution in [2.75, 3.05) is 13.2 Å². The monoisotopic (exact) mass is 253 g/mol. The van der Waals surface area contributed by atoms with Gasteiger partial charge in [-0.1, -0.05) is 6.07 Å². The van der Waals surface area contributed by atoms with Gasteiger partial charge in [-0.15, -0.1) is 0 Å². The number of benzene rings is 1. The smallest absolute Gasteiger partial charge is 0.251 e. The van der Waals surface area contributed by atoms with Crippen LogP contribution in [0.25, 0.3) is 0 Å². The number of rotatable bonds is 6. The van der Waals surface area contributed by atoms with Crippen LogP contribution in [0.15, 0.2) is 24.3 Å². The number of aliphatic hydroxyl groups is 2. The molecule has 1 atom stereocenters. The van der Waals surface area contributed by atoms with Gasteiger partial charge in [-0.3, -0.25) is 4.79 Å². The Morgan fingerprint density at radius 2 is 2.17 bits per heavy atom. The van der Waals surface area contributed by atoms with E-state index in [0.29, 0.717) is 11.3 Å². The Bertz CT molecular complexity index is 392. The lowest BCUT2D eigenvalue weighted by Crippen LogP contribution is -2.33. The zero-order valence-corrected chi connectivity index (χ0v) is 10.6. The first-order valence-corrected chi connectivity index (χ1v) is 5.86. The predicted octanol–water partition coefficient (Wildman–Crippen LogP) is 0.557. The van der Waals surface area contributed by atoms with Gasteiger partial charge in [-0.25, -0.2) is 0 Å². The minimum atomic E-state index is -0.941. The molecule has 1 aromatic carbocycles. The lowest BCUT2D eigenvalue weighted by molar-refractivity contribution is 0.0801. The molecule has 0 aliphatic heterocycles. The number of carbonyl (C=O) groups excluding carboxylic acids is 1. The predicted molar refractivity (Wildman–Crippen MR) is 67.6 cm³/mol. The van der Waals surface area contributed by atoms with Crippen LogP contribution in [0.5, 0.6) is 5.75 Å². The summed E-state index contributed by atoms with van der Waals surface area (Å²) < 4.78 is 5.48. The zero-order valence-electron chi connectivity index (χ0n) is 10.6. The molecule has 5 nitrogen and oxygen atoms in total. The van der Waals surface area contributed by atoms with E-state index in [1.54, 1.807) is 24.3 Å². The van der Waals surface area contributed by atoms with Gasteiger partial charge in [0.25, 0.3) is 5.91 Å². The van der Waals surface area contributed by atoms with Crippen molar-refractivity contribution in [1.82, 2.24) is 5.32 Å². The van der Waals surface area contributed by atoms with E-state index in [-0.39, 0.29) is 25.2 Å². The highest BCUT2D eigenvalue weighted by Crippen LogP contribution is 2.14. The normalized spacial score (nSPS) is 12.3. The van der Waals surface area contributed by atoms with Gasteiger partial charge in [-0.05, 0) is 32.0 Å². The molecule has 0 aromatic heterocycles. The largest absolute Gasteiger partial charge is 0.491 e. The van der Waals surface area contributed by atoms with Gasteiger partial charge in [0.1, 0.15) is 5.75 Å². The molecule has 0 aliphatic carbocycles. The van der Waals surface area contributed by atoms with Gasteiger partial charge in [0, 0.05) is 12.1 Å². The lowest BCUT2D eigenvalue weighted by atomic mass is 10.2. The van der Waals surface area contributed by atoms with Gasteiger partial charge >= 0.3 is 0 Å². The summed E-state index contributed by atoms with van der Waals surface area (Å²) in [6, 6.07) is 6.81. The van der Waals surface area contributed by atoms with Crippen LogP contribution < -0.4 is 10.1 Å². The molecule has 1 aromatic rings. The minimum absolute atomic E-state index is 0.0185. The third-order valence-corrected chi connectivity index (χ3v) is 2.18. The highest BCUT2D eigenvalue weighted by atomic mass is 16.5. The fraction of sp³-hybridized carbons (Fsp3) is 0.462. The fourth-order valence-electron chi connectivity index (χ4n) is 1.36. The van der Waals surface area contributed by atoms with E-state index in [9.17, 15) is 4.79 Å². The first-order chi connectivity index (χ1) is 8.52. The number of aliphatic hydroxyl groups excluding tert-OH is 2. The molecular formula is C13H19NO4. The summed E-state index contributed by atoms with van der Waals surface area (Å²) in [6.07, 6.45) is -0.899. The Hall–Kier alpha value is -1.59. The molecular weight excluding hydrogens is 234 g/mol. The highest BCUT2D eigenvalue weighted by Gasteiger charge is 2.09. The Morgan fingerprint density at radius 3 is 2.78 bits per heavy atom. The number of ether oxygens (including phenoxy) is 1. The van der Waals surface area contributed by atoms with Crippen LogP contribution in [0.2, 0.25) is 0 Å². The van der Waals surface area contributed by atoms with Crippen molar-refractivity contribution < 1.29 is 19.7 Å². The number of carbonyl (C=O) groups is 1. The van der Waals surface area contributed by atoms with E-state index in [1.807, 2.05) is 13.8 Å². The van der Waals surface area contributed by atoms with Crippen molar-refractivity contribution >= 4 is 5.91 Å². The van der Waals surface area contributed by atoms with Crippen LogP contribution in [0.1, 0.15) is 24.2 Å². The summed E-state index contributed by atoms with van der Waals surface area (Å²) in [7, 11) is 0. The summed E-state index contributed by atoms with van der Waals surface area (Å²) in [4.78, 5) is 11.7. The Balaban J connectivity index is 2.62. The standard InChI is InChI=1S/C13H19NO4/c1-9(2)18-12-5-3-4-10(6-12)13(17)14-7-11(16)8-15/h3-6,9,11,15-16H,7-8H2,1-2H3,(H,14,17). The van der Waals surface area contributed by atoms with Gasteiger partial charge in [0.2, 0.25) is 0 Å². The van der Waals surface area contributed by atoms with Crippen LogP contribution in [0.3, 0.4) is 0 Å². The summed E-state index contributed by atoms with van der Waals surface area (Å²) in [5.74, 6) is 0.317. The Morgan fingerprint density at radius 1 is 1.44 bits per heavy atom. The molecule has 0 bridgehead atoms. The first-order valence-electron chi connectivity index (χ1n) is 5.86. The molecule has 5 heteroatoms. The molecule has 1 rings (SSSR count). The zero-order chi connectivity index (χ0) is 13.5. The van der Waals surface area contributed by atoms with Crippen molar-refractivity contribution in [1.29, 1.82) is 0 Å². The molecule has 0 heterocycles. The van der Waals surface area contributed by atoms with Crippen molar-refractivity contribution in [2.24, 2.45) is 0 Å². The molecule has 100 valence electrons. The third-order valence-electron chi connectivity index (χ3n) is 2.18. The summed E-state index contributed by atoms with van der Waals surface area (Å²) in [6.45, 7) is 3.45. The molecule has 0 spiro atoms. The molecule has 0 fully saturated rings. The highest BCUT2D eigenvalue weighted by molar-refractivity contribution is 5.94. The van der Waals surface area contributed by atoms with E-state index in [2.05, 4.69) is 5.32 Å². The number of nitrogens with one attached hydrogen (secondary N) is 1. The van der Waals surface area contributed by atoms with Crippen LogP contribution in [-0.2, 0) is 0 Å². The summed E-state index contributed by atoms with van der Waals surface area (Å²) >= 11 is 0. The molecule has 1 amide bonds. The molecule has 1 unspecified atom stereocenters. The molecule has 18 heavy (non-hydrogen) atoms. The van der Waals surface area contributed by atoms with E-state index >= 15 is 0 Å². The average Bonchev–Trinajstić information content (AvgIpc) is 2.35. The first kappa shape index (κ1) is 14.5. The second-order valence-corrected chi connectivity index (χ2v) is 4.24. The van der Waals surface area contributed by atoms with Crippen LogP contribution in [0, 0.1) is 0 Å². The van der Waals surface area contributed by atoms with E-state index in [4.69, 9.17) is 14.9 Å².